The smallest absolute Gasteiger partial charge is 0.356 e. The van der Waals surface area contributed by atoms with E-state index >= 15 is 0 Å². The highest BCUT2D eigenvalue weighted by Crippen LogP contribution is 2.22. The molecule has 0 unspecified atom stereocenters. The number of hydrogen-bond acceptors (Lipinski definition) is 5. The molecular formula is C14H11BrFN3O2. The SMILES string of the molecule is COC(=O)C(=N)c1cc(F)cnc1Nc1cccc(Br)c1. The van der Waals surface area contributed by atoms with Crippen LogP contribution >= 0.6 is 15.9 Å². The lowest BCUT2D eigenvalue weighted by Crippen LogP contribution is -2.18. The van der Waals surface area contributed by atoms with Crippen LogP contribution in [0.1, 0.15) is 5.56 Å². The monoisotopic (exact) mass is 351 g/mol. The van der Waals surface area contributed by atoms with Crippen molar-refractivity contribution < 1.29 is 13.9 Å². The predicted octanol–water partition coefficient (Wildman–Crippen LogP) is 3.27. The molecule has 0 aliphatic carbocycles. The largest absolute Gasteiger partial charge is 0.464 e. The lowest BCUT2D eigenvalue weighted by molar-refractivity contribution is -0.132. The fourth-order valence-electron chi connectivity index (χ4n) is 1.64. The van der Waals surface area contributed by atoms with Crippen LogP contribution in [0.3, 0.4) is 0 Å². The van der Waals surface area contributed by atoms with E-state index in [1.54, 1.807) is 18.2 Å². The van der Waals surface area contributed by atoms with Crippen molar-refractivity contribution >= 4 is 39.1 Å². The Balaban J connectivity index is 2.39. The number of nitrogens with zero attached hydrogens (tertiary/aromatic N) is 1. The van der Waals surface area contributed by atoms with Crippen molar-refractivity contribution in [1.82, 2.24) is 4.98 Å². The molecule has 2 aromatic rings. The number of methoxy groups -OCH3 is 1. The number of esters is 1. The average molecular weight is 352 g/mol. The van der Waals surface area contributed by atoms with Crippen LogP contribution < -0.4 is 5.32 Å². The second-order valence-corrected chi connectivity index (χ2v) is 4.97. The number of benzene rings is 1. The average Bonchev–Trinajstić information content (AvgIpc) is 2.47. The molecule has 5 nitrogen and oxygen atoms in total. The Bertz CT molecular complexity index is 706. The summed E-state index contributed by atoms with van der Waals surface area (Å²) in [5.41, 5.74) is 0.242. The molecule has 0 aliphatic rings. The van der Waals surface area contributed by atoms with Crippen LogP contribution in [-0.2, 0) is 9.53 Å². The van der Waals surface area contributed by atoms with Crippen molar-refractivity contribution in [2.75, 3.05) is 12.4 Å². The Morgan fingerprint density at radius 1 is 1.43 bits per heavy atom. The first-order valence-corrected chi connectivity index (χ1v) is 6.66. The second-order valence-electron chi connectivity index (χ2n) is 4.05. The molecule has 0 radical (unpaired) electrons. The molecule has 2 rings (SSSR count). The van der Waals surface area contributed by atoms with Gasteiger partial charge in [-0.15, -0.1) is 0 Å². The van der Waals surface area contributed by atoms with Crippen LogP contribution in [0.4, 0.5) is 15.9 Å². The van der Waals surface area contributed by atoms with Gasteiger partial charge in [-0.1, -0.05) is 22.0 Å². The van der Waals surface area contributed by atoms with Crippen LogP contribution in [0.5, 0.6) is 0 Å². The van der Waals surface area contributed by atoms with Gasteiger partial charge < -0.3 is 10.1 Å². The first kappa shape index (κ1) is 15.1. The molecule has 0 bridgehead atoms. The molecule has 1 aromatic carbocycles. The van der Waals surface area contributed by atoms with Crippen LogP contribution in [0.15, 0.2) is 41.0 Å². The number of nitrogens with one attached hydrogen (secondary N) is 2. The summed E-state index contributed by atoms with van der Waals surface area (Å²) >= 11 is 3.33. The number of anilines is 2. The molecule has 0 fully saturated rings. The standard InChI is InChI=1S/C14H11BrFN3O2/c1-21-14(20)12(17)11-6-9(16)7-18-13(11)19-10-4-2-3-8(15)5-10/h2-7,17H,1H3,(H,18,19). The zero-order valence-corrected chi connectivity index (χ0v) is 12.6. The van der Waals surface area contributed by atoms with E-state index < -0.39 is 17.5 Å². The third kappa shape index (κ3) is 3.63. The Kier molecular flexibility index (Phi) is 4.64. The van der Waals surface area contributed by atoms with Gasteiger partial charge in [-0.2, -0.15) is 0 Å². The van der Waals surface area contributed by atoms with Gasteiger partial charge in [-0.25, -0.2) is 14.2 Å². The fraction of sp³-hybridized carbons (Fsp3) is 0.0714. The van der Waals surface area contributed by atoms with Gasteiger partial charge >= 0.3 is 5.97 Å². The number of ether oxygens (including phenoxy) is 1. The first-order chi connectivity index (χ1) is 10.0. The van der Waals surface area contributed by atoms with E-state index in [0.717, 1.165) is 23.8 Å². The van der Waals surface area contributed by atoms with Crippen molar-refractivity contribution in [3.63, 3.8) is 0 Å². The lowest BCUT2D eigenvalue weighted by Gasteiger charge is -2.11. The molecule has 0 atom stereocenters. The molecule has 1 heterocycles. The fourth-order valence-corrected chi connectivity index (χ4v) is 2.04. The third-order valence-electron chi connectivity index (χ3n) is 2.60. The number of rotatable bonds is 4. The zero-order valence-electron chi connectivity index (χ0n) is 11.0. The van der Waals surface area contributed by atoms with Crippen LogP contribution in [0, 0.1) is 11.2 Å². The summed E-state index contributed by atoms with van der Waals surface area (Å²) in [6.07, 6.45) is 1.01. The minimum atomic E-state index is -0.861. The molecule has 0 aliphatic heterocycles. The van der Waals surface area contributed by atoms with Crippen molar-refractivity contribution in [3.8, 4) is 0 Å². The van der Waals surface area contributed by atoms with E-state index in [9.17, 15) is 9.18 Å². The van der Waals surface area contributed by atoms with Gasteiger partial charge in [0.2, 0.25) is 0 Å². The van der Waals surface area contributed by atoms with E-state index in [4.69, 9.17) is 5.41 Å². The van der Waals surface area contributed by atoms with E-state index in [1.807, 2.05) is 6.07 Å². The number of carbonyl (C=O) groups is 1. The van der Waals surface area contributed by atoms with E-state index in [2.05, 4.69) is 31.0 Å². The van der Waals surface area contributed by atoms with Gasteiger partial charge in [-0.3, -0.25) is 5.41 Å². The summed E-state index contributed by atoms with van der Waals surface area (Å²) in [6, 6.07) is 8.28. The summed E-state index contributed by atoms with van der Waals surface area (Å²) < 4.78 is 18.7. The van der Waals surface area contributed by atoms with Crippen LogP contribution in [-0.4, -0.2) is 23.8 Å². The van der Waals surface area contributed by atoms with Gasteiger partial charge in [0.1, 0.15) is 11.6 Å². The Labute approximate surface area is 128 Å². The number of halogens is 2. The number of pyridine rings is 1. The van der Waals surface area contributed by atoms with Gasteiger partial charge in [0.25, 0.3) is 0 Å². The summed E-state index contributed by atoms with van der Waals surface area (Å²) in [4.78, 5) is 15.3. The predicted molar refractivity (Wildman–Crippen MR) is 80.5 cm³/mol. The molecule has 108 valence electrons. The molecular weight excluding hydrogens is 341 g/mol. The molecule has 21 heavy (non-hydrogen) atoms. The number of carbonyl (C=O) groups excluding carboxylic acids is 1. The Morgan fingerprint density at radius 3 is 2.86 bits per heavy atom. The van der Waals surface area contributed by atoms with Crippen molar-refractivity contribution in [1.29, 1.82) is 5.41 Å². The van der Waals surface area contributed by atoms with Crippen LogP contribution in [0.2, 0.25) is 0 Å². The summed E-state index contributed by atoms with van der Waals surface area (Å²) in [7, 11) is 1.16. The van der Waals surface area contributed by atoms with E-state index in [-0.39, 0.29) is 11.4 Å². The molecule has 2 N–H and O–H groups in total. The summed E-state index contributed by atoms with van der Waals surface area (Å²) in [5, 5.41) is 10.7. The maximum atomic E-state index is 13.3. The topological polar surface area (TPSA) is 75.1 Å². The minimum Gasteiger partial charge on any atom is -0.464 e. The molecule has 0 saturated heterocycles. The highest BCUT2D eigenvalue weighted by molar-refractivity contribution is 9.10. The maximum Gasteiger partial charge on any atom is 0.356 e. The number of hydrogen-bond donors (Lipinski definition) is 2. The highest BCUT2D eigenvalue weighted by Gasteiger charge is 2.18. The van der Waals surface area contributed by atoms with Gasteiger partial charge in [0.15, 0.2) is 5.71 Å². The van der Waals surface area contributed by atoms with Crippen molar-refractivity contribution in [2.45, 2.75) is 0 Å². The maximum absolute atomic E-state index is 13.3. The molecule has 7 heteroatoms. The third-order valence-corrected chi connectivity index (χ3v) is 3.09. The van der Waals surface area contributed by atoms with Gasteiger partial charge in [-0.05, 0) is 24.3 Å². The first-order valence-electron chi connectivity index (χ1n) is 5.86. The zero-order chi connectivity index (χ0) is 15.4. The molecule has 0 spiro atoms. The minimum absolute atomic E-state index is 0.0295. The lowest BCUT2D eigenvalue weighted by atomic mass is 10.1. The Hall–Kier alpha value is -2.28. The Morgan fingerprint density at radius 2 is 2.19 bits per heavy atom. The summed E-state index contributed by atoms with van der Waals surface area (Å²) in [5.74, 6) is -1.30. The highest BCUT2D eigenvalue weighted by atomic mass is 79.9. The van der Waals surface area contributed by atoms with Crippen molar-refractivity contribution in [3.05, 3.63) is 52.4 Å². The summed E-state index contributed by atoms with van der Waals surface area (Å²) in [6.45, 7) is 0. The van der Waals surface area contributed by atoms with E-state index in [1.165, 1.54) is 0 Å². The number of aromatic nitrogens is 1. The second kappa shape index (κ2) is 6.45. The van der Waals surface area contributed by atoms with Crippen LogP contribution in [0.25, 0.3) is 0 Å². The van der Waals surface area contributed by atoms with Crippen molar-refractivity contribution in [2.24, 2.45) is 0 Å². The normalized spacial score (nSPS) is 10.0. The van der Waals surface area contributed by atoms with E-state index in [0.29, 0.717) is 5.69 Å². The molecule has 1 aromatic heterocycles. The van der Waals surface area contributed by atoms with Gasteiger partial charge in [0.05, 0.1) is 18.9 Å². The molecule has 0 amide bonds. The quantitative estimate of drug-likeness (QED) is 0.654. The molecule has 0 saturated carbocycles. The van der Waals surface area contributed by atoms with Gasteiger partial charge in [0, 0.05) is 10.2 Å².